The molecule has 0 aliphatic carbocycles. The summed E-state index contributed by atoms with van der Waals surface area (Å²) in [5.41, 5.74) is 2.10. The lowest BCUT2D eigenvalue weighted by molar-refractivity contribution is -0.0444. The first-order valence-electron chi connectivity index (χ1n) is 5.33. The minimum Gasteiger partial charge on any atom is -0.315 e. The molecule has 2 fully saturated rings. The van der Waals surface area contributed by atoms with Crippen molar-refractivity contribution in [2.45, 2.75) is 6.54 Å². The zero-order chi connectivity index (χ0) is 9.43. The van der Waals surface area contributed by atoms with Crippen LogP contribution in [0, 0.1) is 5.41 Å². The summed E-state index contributed by atoms with van der Waals surface area (Å²) in [6.07, 6.45) is 0. The molecule has 0 radical (unpaired) electrons. The first-order valence-corrected chi connectivity index (χ1v) is 5.33. The van der Waals surface area contributed by atoms with Crippen molar-refractivity contribution >= 4 is 12.4 Å². The van der Waals surface area contributed by atoms with Gasteiger partial charge in [0.05, 0.1) is 0 Å². The number of rotatable bonds is 2. The first-order chi connectivity index (χ1) is 6.86. The van der Waals surface area contributed by atoms with Crippen molar-refractivity contribution in [3.05, 3.63) is 35.9 Å². The van der Waals surface area contributed by atoms with Crippen molar-refractivity contribution in [1.82, 2.24) is 10.2 Å². The predicted molar refractivity (Wildman–Crippen MR) is 64.3 cm³/mol. The van der Waals surface area contributed by atoms with E-state index in [2.05, 4.69) is 40.5 Å². The Balaban J connectivity index is 0.000000853. The molecule has 2 saturated heterocycles. The molecule has 2 nitrogen and oxygen atoms in total. The number of hydrogen-bond donors (Lipinski definition) is 1. The van der Waals surface area contributed by atoms with Crippen molar-refractivity contribution in [2.24, 2.45) is 5.41 Å². The SMILES string of the molecule is Cl.c1ccc(CN2CC3(CNC3)C2)cc1. The molecule has 0 saturated carbocycles. The minimum absolute atomic E-state index is 0. The van der Waals surface area contributed by atoms with E-state index >= 15 is 0 Å². The van der Waals surface area contributed by atoms with Gasteiger partial charge in [0.1, 0.15) is 0 Å². The van der Waals surface area contributed by atoms with E-state index in [-0.39, 0.29) is 12.4 Å². The van der Waals surface area contributed by atoms with Gasteiger partial charge in [-0.25, -0.2) is 0 Å². The fourth-order valence-electron chi connectivity index (χ4n) is 2.56. The Hall–Kier alpha value is -0.570. The molecule has 82 valence electrons. The van der Waals surface area contributed by atoms with Crippen molar-refractivity contribution in [3.63, 3.8) is 0 Å². The van der Waals surface area contributed by atoms with Crippen LogP contribution in [0.5, 0.6) is 0 Å². The van der Waals surface area contributed by atoms with E-state index in [4.69, 9.17) is 0 Å². The molecule has 1 spiro atoms. The van der Waals surface area contributed by atoms with Gasteiger partial charge in [0, 0.05) is 38.1 Å². The molecule has 3 heteroatoms. The van der Waals surface area contributed by atoms with Crippen LogP contribution in [-0.2, 0) is 6.54 Å². The van der Waals surface area contributed by atoms with E-state index in [9.17, 15) is 0 Å². The number of nitrogens with one attached hydrogen (secondary N) is 1. The Labute approximate surface area is 97.1 Å². The Kier molecular flexibility index (Phi) is 3.01. The highest BCUT2D eigenvalue weighted by atomic mass is 35.5. The predicted octanol–water partition coefficient (Wildman–Crippen LogP) is 1.51. The maximum absolute atomic E-state index is 3.36. The summed E-state index contributed by atoms with van der Waals surface area (Å²) in [5.74, 6) is 0. The highest BCUT2D eigenvalue weighted by Crippen LogP contribution is 2.34. The van der Waals surface area contributed by atoms with E-state index < -0.39 is 0 Å². The van der Waals surface area contributed by atoms with Crippen LogP contribution >= 0.6 is 12.4 Å². The van der Waals surface area contributed by atoms with Gasteiger partial charge in [-0.05, 0) is 5.56 Å². The van der Waals surface area contributed by atoms with Crippen LogP contribution in [0.3, 0.4) is 0 Å². The van der Waals surface area contributed by atoms with Crippen molar-refractivity contribution in [1.29, 1.82) is 0 Å². The average Bonchev–Trinajstić information content (AvgIpc) is 2.09. The molecule has 1 aromatic rings. The van der Waals surface area contributed by atoms with Gasteiger partial charge in [0.25, 0.3) is 0 Å². The Morgan fingerprint density at radius 1 is 1.13 bits per heavy atom. The van der Waals surface area contributed by atoms with Crippen molar-refractivity contribution < 1.29 is 0 Å². The Morgan fingerprint density at radius 3 is 2.33 bits per heavy atom. The standard InChI is InChI=1S/C12H16N2.ClH/c1-2-4-11(5-3-1)6-14-9-12(10-14)7-13-8-12;/h1-5,13H,6-10H2;1H. The van der Waals surface area contributed by atoms with Gasteiger partial charge in [-0.15, -0.1) is 12.4 Å². The Morgan fingerprint density at radius 2 is 1.80 bits per heavy atom. The van der Waals surface area contributed by atoms with Crippen LogP contribution in [0.1, 0.15) is 5.56 Å². The monoisotopic (exact) mass is 224 g/mol. The fraction of sp³-hybridized carbons (Fsp3) is 0.500. The summed E-state index contributed by atoms with van der Waals surface area (Å²) in [4.78, 5) is 2.54. The zero-order valence-corrected chi connectivity index (χ0v) is 9.59. The van der Waals surface area contributed by atoms with Crippen LogP contribution in [0.4, 0.5) is 0 Å². The molecule has 0 aromatic heterocycles. The third-order valence-electron chi connectivity index (χ3n) is 3.37. The van der Waals surface area contributed by atoms with E-state index in [1.54, 1.807) is 0 Å². The van der Waals surface area contributed by atoms with Gasteiger partial charge < -0.3 is 5.32 Å². The summed E-state index contributed by atoms with van der Waals surface area (Å²) >= 11 is 0. The molecule has 2 heterocycles. The number of nitrogens with zero attached hydrogens (tertiary/aromatic N) is 1. The van der Waals surface area contributed by atoms with E-state index in [1.807, 2.05) is 0 Å². The normalized spacial score (nSPS) is 22.7. The summed E-state index contributed by atoms with van der Waals surface area (Å²) in [7, 11) is 0. The zero-order valence-electron chi connectivity index (χ0n) is 8.78. The molecule has 3 rings (SSSR count). The van der Waals surface area contributed by atoms with Crippen LogP contribution in [0.15, 0.2) is 30.3 Å². The molecule has 15 heavy (non-hydrogen) atoms. The molecule has 0 bridgehead atoms. The lowest BCUT2D eigenvalue weighted by atomic mass is 9.74. The number of likely N-dealkylation sites (tertiary alicyclic amines) is 1. The molecule has 1 N–H and O–H groups in total. The van der Waals surface area contributed by atoms with Crippen LogP contribution in [0.2, 0.25) is 0 Å². The van der Waals surface area contributed by atoms with Crippen molar-refractivity contribution in [3.8, 4) is 0 Å². The van der Waals surface area contributed by atoms with Gasteiger partial charge >= 0.3 is 0 Å². The maximum Gasteiger partial charge on any atom is 0.0234 e. The maximum atomic E-state index is 3.36. The summed E-state index contributed by atoms with van der Waals surface area (Å²) < 4.78 is 0. The van der Waals surface area contributed by atoms with Gasteiger partial charge in [0.2, 0.25) is 0 Å². The van der Waals surface area contributed by atoms with Crippen molar-refractivity contribution in [2.75, 3.05) is 26.2 Å². The highest BCUT2D eigenvalue weighted by molar-refractivity contribution is 5.85. The number of halogens is 1. The second-order valence-electron chi connectivity index (χ2n) is 4.73. The van der Waals surface area contributed by atoms with Gasteiger partial charge in [-0.1, -0.05) is 30.3 Å². The smallest absolute Gasteiger partial charge is 0.0234 e. The largest absolute Gasteiger partial charge is 0.315 e. The van der Waals surface area contributed by atoms with Gasteiger partial charge in [-0.2, -0.15) is 0 Å². The summed E-state index contributed by atoms with van der Waals surface area (Å²) in [6.45, 7) is 6.17. The third-order valence-corrected chi connectivity index (χ3v) is 3.37. The summed E-state index contributed by atoms with van der Waals surface area (Å²) in [5, 5.41) is 3.36. The topological polar surface area (TPSA) is 15.3 Å². The van der Waals surface area contributed by atoms with Crippen LogP contribution in [0.25, 0.3) is 0 Å². The first kappa shape index (κ1) is 10.9. The molecule has 1 aromatic carbocycles. The van der Waals surface area contributed by atoms with Gasteiger partial charge in [0.15, 0.2) is 0 Å². The molecule has 0 unspecified atom stereocenters. The molecular weight excluding hydrogens is 208 g/mol. The third kappa shape index (κ3) is 2.03. The molecule has 0 amide bonds. The lowest BCUT2D eigenvalue weighted by Crippen LogP contribution is -2.70. The van der Waals surface area contributed by atoms with Crippen LogP contribution in [-0.4, -0.2) is 31.1 Å². The second-order valence-corrected chi connectivity index (χ2v) is 4.73. The molecule has 0 atom stereocenters. The molecular formula is C12H17ClN2. The minimum atomic E-state index is 0. The van der Waals surface area contributed by atoms with E-state index in [0.717, 1.165) is 6.54 Å². The second kappa shape index (κ2) is 4.12. The number of benzene rings is 1. The average molecular weight is 225 g/mol. The quantitative estimate of drug-likeness (QED) is 0.820. The Bertz CT molecular complexity index is 314. The molecule has 2 aliphatic rings. The van der Waals surface area contributed by atoms with Gasteiger partial charge in [-0.3, -0.25) is 4.90 Å². The summed E-state index contributed by atoms with van der Waals surface area (Å²) in [6, 6.07) is 10.7. The highest BCUT2D eigenvalue weighted by Gasteiger charge is 2.46. The molecule has 2 aliphatic heterocycles. The van der Waals surface area contributed by atoms with E-state index in [0.29, 0.717) is 5.41 Å². The van der Waals surface area contributed by atoms with Crippen LogP contribution < -0.4 is 5.32 Å². The lowest BCUT2D eigenvalue weighted by Gasteiger charge is -2.56. The van der Waals surface area contributed by atoms with E-state index in [1.165, 1.54) is 31.7 Å². The fourth-order valence-corrected chi connectivity index (χ4v) is 2.56. The number of hydrogen-bond acceptors (Lipinski definition) is 2.